The molecule has 2 aliphatic carbocycles. The van der Waals surface area contributed by atoms with Crippen LogP contribution in [0, 0.1) is 0 Å². The molecule has 1 unspecified atom stereocenters. The van der Waals surface area contributed by atoms with Gasteiger partial charge >= 0.3 is 0 Å². The molecule has 0 saturated heterocycles. The molecule has 0 amide bonds. The van der Waals surface area contributed by atoms with Gasteiger partial charge < -0.3 is 15.8 Å². The van der Waals surface area contributed by atoms with Gasteiger partial charge in [-0.05, 0) is 55.4 Å². The van der Waals surface area contributed by atoms with Crippen LogP contribution >= 0.6 is 0 Å². The fourth-order valence-corrected chi connectivity index (χ4v) is 3.94. The molecule has 3 nitrogen and oxygen atoms in total. The topological polar surface area (TPSA) is 47.3 Å². The smallest absolute Gasteiger partial charge is 0.119 e. The molecule has 3 N–H and O–H groups in total. The molecule has 0 aliphatic heterocycles. The minimum absolute atomic E-state index is 0.0445. The number of rotatable bonds is 4. The Morgan fingerprint density at radius 3 is 2.80 bits per heavy atom. The van der Waals surface area contributed by atoms with E-state index < -0.39 is 0 Å². The van der Waals surface area contributed by atoms with Crippen molar-refractivity contribution in [3.63, 3.8) is 0 Å². The van der Waals surface area contributed by atoms with Crippen LogP contribution in [0.4, 0.5) is 0 Å². The molecule has 0 spiro atoms. The van der Waals surface area contributed by atoms with Crippen molar-refractivity contribution in [3.8, 4) is 5.75 Å². The normalized spacial score (nSPS) is 26.5. The molecule has 3 rings (SSSR count). The minimum atomic E-state index is -0.0445. The summed E-state index contributed by atoms with van der Waals surface area (Å²) in [4.78, 5) is 0. The first-order valence-electron chi connectivity index (χ1n) is 7.92. The number of fused-ring (bicyclic) bond motifs is 1. The zero-order chi connectivity index (χ0) is 14.0. The standard InChI is InChI=1S/C17H26N2O/c1-20-15-9-8-13-5-4-10-17(12-18,16(13)11-15)19-14-6-2-3-7-14/h8-9,11,14,19H,2-7,10,12,18H2,1H3. The number of nitrogens with two attached hydrogens (primary N) is 1. The second-order valence-electron chi connectivity index (χ2n) is 6.29. The second kappa shape index (κ2) is 5.74. The van der Waals surface area contributed by atoms with Crippen LogP contribution in [0.3, 0.4) is 0 Å². The molecular weight excluding hydrogens is 248 g/mol. The van der Waals surface area contributed by atoms with Crippen molar-refractivity contribution in [3.05, 3.63) is 29.3 Å². The van der Waals surface area contributed by atoms with Crippen LogP contribution < -0.4 is 15.8 Å². The van der Waals surface area contributed by atoms with Gasteiger partial charge in [-0.1, -0.05) is 18.9 Å². The maximum Gasteiger partial charge on any atom is 0.119 e. The third-order valence-corrected chi connectivity index (χ3v) is 5.07. The van der Waals surface area contributed by atoms with E-state index in [9.17, 15) is 0 Å². The maximum atomic E-state index is 6.22. The highest BCUT2D eigenvalue weighted by Crippen LogP contribution is 2.38. The van der Waals surface area contributed by atoms with Crippen LogP contribution in [-0.2, 0) is 12.0 Å². The molecular formula is C17H26N2O. The van der Waals surface area contributed by atoms with Crippen molar-refractivity contribution in [2.45, 2.75) is 56.5 Å². The van der Waals surface area contributed by atoms with Crippen molar-refractivity contribution in [1.29, 1.82) is 0 Å². The number of methoxy groups -OCH3 is 1. The number of hydrogen-bond acceptors (Lipinski definition) is 3. The number of hydrogen-bond donors (Lipinski definition) is 2. The Morgan fingerprint density at radius 1 is 1.30 bits per heavy atom. The summed E-state index contributed by atoms with van der Waals surface area (Å²) in [6.45, 7) is 0.670. The van der Waals surface area contributed by atoms with Crippen LogP contribution in [0.5, 0.6) is 5.75 Å². The van der Waals surface area contributed by atoms with Gasteiger partial charge in [-0.15, -0.1) is 0 Å². The molecule has 20 heavy (non-hydrogen) atoms. The van der Waals surface area contributed by atoms with Crippen LogP contribution in [0.1, 0.15) is 49.7 Å². The molecule has 0 heterocycles. The average Bonchev–Trinajstić information content (AvgIpc) is 3.00. The Hall–Kier alpha value is -1.06. The number of ether oxygens (including phenoxy) is 1. The van der Waals surface area contributed by atoms with E-state index in [0.717, 1.165) is 18.6 Å². The quantitative estimate of drug-likeness (QED) is 0.887. The first-order valence-corrected chi connectivity index (χ1v) is 7.92. The van der Waals surface area contributed by atoms with E-state index >= 15 is 0 Å². The van der Waals surface area contributed by atoms with Gasteiger partial charge in [-0.2, -0.15) is 0 Å². The molecule has 1 aromatic rings. The summed E-state index contributed by atoms with van der Waals surface area (Å²) in [5, 5.41) is 3.91. The van der Waals surface area contributed by atoms with Gasteiger partial charge in [0.25, 0.3) is 0 Å². The van der Waals surface area contributed by atoms with Gasteiger partial charge in [-0.3, -0.25) is 0 Å². The Morgan fingerprint density at radius 2 is 2.10 bits per heavy atom. The van der Waals surface area contributed by atoms with E-state index in [1.54, 1.807) is 7.11 Å². The Bertz CT molecular complexity index is 468. The van der Waals surface area contributed by atoms with E-state index in [-0.39, 0.29) is 5.54 Å². The summed E-state index contributed by atoms with van der Waals surface area (Å²) in [5.41, 5.74) is 8.99. The van der Waals surface area contributed by atoms with Gasteiger partial charge in [0.1, 0.15) is 5.75 Å². The monoisotopic (exact) mass is 274 g/mol. The lowest BCUT2D eigenvalue weighted by Crippen LogP contribution is -2.53. The number of aryl methyl sites for hydroxylation is 1. The predicted molar refractivity (Wildman–Crippen MR) is 82.1 cm³/mol. The lowest BCUT2D eigenvalue weighted by atomic mass is 9.75. The van der Waals surface area contributed by atoms with Gasteiger partial charge in [0.05, 0.1) is 12.6 Å². The summed E-state index contributed by atoms with van der Waals surface area (Å²) in [7, 11) is 1.74. The third kappa shape index (κ3) is 2.45. The second-order valence-corrected chi connectivity index (χ2v) is 6.29. The van der Waals surface area contributed by atoms with Crippen LogP contribution in [0.15, 0.2) is 18.2 Å². The van der Waals surface area contributed by atoms with E-state index in [4.69, 9.17) is 10.5 Å². The predicted octanol–water partition coefficient (Wildman–Crippen LogP) is 2.72. The summed E-state index contributed by atoms with van der Waals surface area (Å²) in [6.07, 6.45) is 8.80. The van der Waals surface area contributed by atoms with Crippen LogP contribution in [0.2, 0.25) is 0 Å². The zero-order valence-electron chi connectivity index (χ0n) is 12.5. The maximum absolute atomic E-state index is 6.22. The largest absolute Gasteiger partial charge is 0.497 e. The van der Waals surface area contributed by atoms with E-state index in [1.807, 2.05) is 0 Å². The summed E-state index contributed by atoms with van der Waals surface area (Å²) >= 11 is 0. The lowest BCUT2D eigenvalue weighted by Gasteiger charge is -2.41. The summed E-state index contributed by atoms with van der Waals surface area (Å²) in [6, 6.07) is 7.12. The molecule has 1 saturated carbocycles. The molecule has 0 aromatic heterocycles. The highest BCUT2D eigenvalue weighted by molar-refractivity contribution is 5.42. The van der Waals surface area contributed by atoms with Crippen molar-refractivity contribution in [2.75, 3.05) is 13.7 Å². The molecule has 3 heteroatoms. The fraction of sp³-hybridized carbons (Fsp3) is 0.647. The SMILES string of the molecule is COc1ccc2c(c1)C(CN)(NC1CCCC1)CCC2. The molecule has 2 aliphatic rings. The van der Waals surface area contributed by atoms with E-state index in [2.05, 4.69) is 23.5 Å². The highest BCUT2D eigenvalue weighted by atomic mass is 16.5. The first-order chi connectivity index (χ1) is 9.77. The molecule has 110 valence electrons. The molecule has 0 bridgehead atoms. The van der Waals surface area contributed by atoms with Crippen molar-refractivity contribution in [1.82, 2.24) is 5.32 Å². The van der Waals surface area contributed by atoms with Gasteiger partial charge in [0, 0.05) is 12.6 Å². The van der Waals surface area contributed by atoms with E-state index in [0.29, 0.717) is 12.6 Å². The van der Waals surface area contributed by atoms with Crippen molar-refractivity contribution >= 4 is 0 Å². The zero-order valence-corrected chi connectivity index (χ0v) is 12.5. The molecule has 0 radical (unpaired) electrons. The third-order valence-electron chi connectivity index (χ3n) is 5.07. The first kappa shape index (κ1) is 13.9. The Labute approximate surface area is 121 Å². The van der Waals surface area contributed by atoms with Crippen LogP contribution in [-0.4, -0.2) is 19.7 Å². The molecule has 1 aromatic carbocycles. The van der Waals surface area contributed by atoms with Gasteiger partial charge in [0.2, 0.25) is 0 Å². The fourth-order valence-electron chi connectivity index (χ4n) is 3.94. The Balaban J connectivity index is 1.95. The van der Waals surface area contributed by atoms with E-state index in [1.165, 1.54) is 43.2 Å². The minimum Gasteiger partial charge on any atom is -0.497 e. The Kier molecular flexibility index (Phi) is 3.99. The van der Waals surface area contributed by atoms with Crippen molar-refractivity contribution < 1.29 is 4.74 Å². The number of benzene rings is 1. The van der Waals surface area contributed by atoms with Gasteiger partial charge in [-0.25, -0.2) is 0 Å². The molecule has 1 atom stereocenters. The number of nitrogens with one attached hydrogen (secondary N) is 1. The highest BCUT2D eigenvalue weighted by Gasteiger charge is 2.37. The lowest BCUT2D eigenvalue weighted by molar-refractivity contribution is 0.256. The summed E-state index contributed by atoms with van der Waals surface area (Å²) in [5.74, 6) is 0.941. The van der Waals surface area contributed by atoms with Gasteiger partial charge in [0.15, 0.2) is 0 Å². The van der Waals surface area contributed by atoms with Crippen molar-refractivity contribution in [2.24, 2.45) is 5.73 Å². The average molecular weight is 274 g/mol. The van der Waals surface area contributed by atoms with Crippen LogP contribution in [0.25, 0.3) is 0 Å². The summed E-state index contributed by atoms with van der Waals surface area (Å²) < 4.78 is 5.42. The molecule has 1 fully saturated rings.